The molecule has 0 N–H and O–H groups in total. The SMILES string of the molecule is [CH2]N=Cc1c(C=C)n(-c2ccc(-c3ccc(C(=O)c4ccc(-n5c6ccccc6c6cccc(C)c65)cc4)cc3)cc2)c2ccncc12. The lowest BCUT2D eigenvalue weighted by atomic mass is 9.99. The monoisotopic (exact) mass is 619 g/mol. The highest BCUT2D eigenvalue weighted by Crippen LogP contribution is 2.34. The number of aryl methyl sites for hydroxylation is 1. The van der Waals surface area contributed by atoms with E-state index in [0.29, 0.717) is 11.1 Å². The predicted molar refractivity (Wildman–Crippen MR) is 198 cm³/mol. The van der Waals surface area contributed by atoms with Crippen molar-refractivity contribution in [3.63, 3.8) is 0 Å². The summed E-state index contributed by atoms with van der Waals surface area (Å²) in [5.41, 5.74) is 11.9. The van der Waals surface area contributed by atoms with E-state index in [1.807, 2.05) is 66.9 Å². The Morgan fingerprint density at radius 1 is 0.688 bits per heavy atom. The molecule has 0 unspecified atom stereocenters. The molecule has 0 saturated carbocycles. The average Bonchev–Trinajstić information content (AvgIpc) is 3.65. The number of aromatic nitrogens is 3. The number of aliphatic imine (C=N–C) groups is 1. The van der Waals surface area contributed by atoms with Gasteiger partial charge < -0.3 is 9.13 Å². The van der Waals surface area contributed by atoms with Crippen LogP contribution in [0.25, 0.3) is 61.3 Å². The minimum absolute atomic E-state index is 0.00518. The van der Waals surface area contributed by atoms with Crippen LogP contribution in [0.5, 0.6) is 0 Å². The van der Waals surface area contributed by atoms with Crippen LogP contribution in [0.15, 0.2) is 145 Å². The molecule has 0 fully saturated rings. The van der Waals surface area contributed by atoms with Gasteiger partial charge in [0.05, 0.1) is 29.3 Å². The van der Waals surface area contributed by atoms with Gasteiger partial charge in [0.25, 0.3) is 0 Å². The third-order valence-corrected chi connectivity index (χ3v) is 9.15. The largest absolute Gasteiger partial charge is 0.309 e. The van der Waals surface area contributed by atoms with E-state index in [1.54, 1.807) is 12.4 Å². The van der Waals surface area contributed by atoms with Crippen molar-refractivity contribution >= 4 is 50.8 Å². The zero-order valence-corrected chi connectivity index (χ0v) is 26.5. The molecule has 5 heteroatoms. The van der Waals surface area contributed by atoms with Crippen molar-refractivity contribution in [2.45, 2.75) is 6.92 Å². The van der Waals surface area contributed by atoms with Crippen LogP contribution in [0.2, 0.25) is 0 Å². The summed E-state index contributed by atoms with van der Waals surface area (Å²) < 4.78 is 4.44. The van der Waals surface area contributed by atoms with Gasteiger partial charge >= 0.3 is 0 Å². The molecule has 0 atom stereocenters. The Labute approximate surface area is 278 Å². The first kappa shape index (κ1) is 29.1. The molecule has 5 aromatic carbocycles. The van der Waals surface area contributed by atoms with Crippen LogP contribution in [0.4, 0.5) is 0 Å². The minimum atomic E-state index is -0.00518. The lowest BCUT2D eigenvalue weighted by Gasteiger charge is -2.11. The molecular weight excluding hydrogens is 589 g/mol. The van der Waals surface area contributed by atoms with E-state index in [9.17, 15) is 4.79 Å². The molecule has 8 aromatic rings. The van der Waals surface area contributed by atoms with Crippen LogP contribution < -0.4 is 0 Å². The minimum Gasteiger partial charge on any atom is -0.309 e. The zero-order valence-electron chi connectivity index (χ0n) is 26.5. The number of fused-ring (bicyclic) bond motifs is 4. The number of para-hydroxylation sites is 2. The topological polar surface area (TPSA) is 52.2 Å². The first-order valence-electron chi connectivity index (χ1n) is 15.8. The second-order valence-corrected chi connectivity index (χ2v) is 11.9. The van der Waals surface area contributed by atoms with Gasteiger partial charge in [-0.25, -0.2) is 0 Å². The fourth-order valence-corrected chi connectivity index (χ4v) is 6.89. The molecule has 48 heavy (non-hydrogen) atoms. The molecule has 3 heterocycles. The highest BCUT2D eigenvalue weighted by atomic mass is 16.1. The average molecular weight is 620 g/mol. The number of rotatable bonds is 7. The molecule has 0 aliphatic carbocycles. The Morgan fingerprint density at radius 2 is 1.29 bits per heavy atom. The first-order chi connectivity index (χ1) is 23.6. The second kappa shape index (κ2) is 11.8. The van der Waals surface area contributed by atoms with Gasteiger partial charge in [-0.05, 0) is 78.2 Å². The maximum absolute atomic E-state index is 13.6. The Kier molecular flexibility index (Phi) is 7.15. The van der Waals surface area contributed by atoms with E-state index in [-0.39, 0.29) is 5.78 Å². The highest BCUT2D eigenvalue weighted by molar-refractivity contribution is 6.11. The third kappa shape index (κ3) is 4.67. The number of nitrogens with zero attached hydrogens (tertiary/aromatic N) is 4. The standard InChI is InChI=1S/C43H31N4O/c1-4-39-37(26-44-3)38-27-45-25-24-41(38)46(39)33-20-16-30(17-21-33)29-12-14-31(15-13-29)43(48)32-18-22-34(23-19-32)47-40-11-6-5-9-35(40)36-10-7-8-28(2)42(36)47/h4-27H,1,3H2,2H3. The van der Waals surface area contributed by atoms with Crippen molar-refractivity contribution in [2.75, 3.05) is 0 Å². The fraction of sp³-hybridized carbons (Fsp3) is 0.0233. The fourth-order valence-electron chi connectivity index (χ4n) is 6.89. The molecule has 0 aliphatic rings. The molecule has 229 valence electrons. The van der Waals surface area contributed by atoms with E-state index in [4.69, 9.17) is 0 Å². The van der Waals surface area contributed by atoms with Crippen molar-refractivity contribution in [1.29, 1.82) is 0 Å². The van der Waals surface area contributed by atoms with E-state index < -0.39 is 0 Å². The predicted octanol–water partition coefficient (Wildman–Crippen LogP) is 10.2. The van der Waals surface area contributed by atoms with Gasteiger partial charge in [0.15, 0.2) is 5.78 Å². The Bertz CT molecular complexity index is 2530. The maximum atomic E-state index is 13.6. The second-order valence-electron chi connectivity index (χ2n) is 11.9. The van der Waals surface area contributed by atoms with Crippen molar-refractivity contribution in [3.8, 4) is 22.5 Å². The number of carbonyl (C=O) groups excluding carboxylic acids is 1. The Morgan fingerprint density at radius 3 is 2.00 bits per heavy atom. The zero-order chi connectivity index (χ0) is 32.8. The van der Waals surface area contributed by atoms with Gasteiger partial charge in [0, 0.05) is 62.8 Å². The van der Waals surface area contributed by atoms with Crippen molar-refractivity contribution < 1.29 is 4.79 Å². The number of hydrogen-bond acceptors (Lipinski definition) is 3. The van der Waals surface area contributed by atoms with Crippen LogP contribution in [-0.2, 0) is 0 Å². The van der Waals surface area contributed by atoms with Gasteiger partial charge in [0.2, 0.25) is 0 Å². The number of carbonyl (C=O) groups is 1. The molecular formula is C43H31N4O. The van der Waals surface area contributed by atoms with Crippen LogP contribution in [0.3, 0.4) is 0 Å². The molecule has 1 radical (unpaired) electrons. The maximum Gasteiger partial charge on any atom is 0.193 e. The number of benzene rings is 5. The number of ketones is 1. The molecule has 0 amide bonds. The lowest BCUT2D eigenvalue weighted by molar-refractivity contribution is 0.103. The van der Waals surface area contributed by atoms with Crippen LogP contribution in [0.1, 0.15) is 32.7 Å². The van der Waals surface area contributed by atoms with Gasteiger partial charge in [-0.3, -0.25) is 14.8 Å². The third-order valence-electron chi connectivity index (χ3n) is 9.15. The van der Waals surface area contributed by atoms with Crippen molar-refractivity contribution in [3.05, 3.63) is 175 Å². The summed E-state index contributed by atoms with van der Waals surface area (Å²) in [6.45, 7) is 6.20. The smallest absolute Gasteiger partial charge is 0.193 e. The van der Waals surface area contributed by atoms with Crippen molar-refractivity contribution in [2.24, 2.45) is 4.99 Å². The lowest BCUT2D eigenvalue weighted by Crippen LogP contribution is -2.02. The van der Waals surface area contributed by atoms with Crippen LogP contribution in [-0.4, -0.2) is 26.1 Å². The summed E-state index contributed by atoms with van der Waals surface area (Å²) in [7, 11) is 3.64. The van der Waals surface area contributed by atoms with E-state index in [0.717, 1.165) is 50.2 Å². The van der Waals surface area contributed by atoms with E-state index >= 15 is 0 Å². The Hall–Kier alpha value is -6.33. The molecule has 0 saturated heterocycles. The van der Waals surface area contributed by atoms with Gasteiger partial charge in [-0.1, -0.05) is 79.4 Å². The van der Waals surface area contributed by atoms with E-state index in [1.165, 1.54) is 21.9 Å². The normalized spacial score (nSPS) is 11.6. The number of hydrogen-bond donors (Lipinski definition) is 0. The molecule has 0 aliphatic heterocycles. The summed E-state index contributed by atoms with van der Waals surface area (Å²) in [6, 6.07) is 41.0. The van der Waals surface area contributed by atoms with Crippen LogP contribution >= 0.6 is 0 Å². The first-order valence-corrected chi connectivity index (χ1v) is 15.8. The molecule has 0 spiro atoms. The Balaban J connectivity index is 1.06. The molecule has 3 aromatic heterocycles. The summed E-state index contributed by atoms with van der Waals surface area (Å²) in [5, 5.41) is 3.43. The van der Waals surface area contributed by atoms with Gasteiger partial charge in [-0.2, -0.15) is 0 Å². The highest BCUT2D eigenvalue weighted by Gasteiger charge is 2.17. The summed E-state index contributed by atoms with van der Waals surface area (Å²) in [6.07, 6.45) is 7.21. The summed E-state index contributed by atoms with van der Waals surface area (Å²) >= 11 is 0. The van der Waals surface area contributed by atoms with E-state index in [2.05, 4.69) is 106 Å². The molecule has 8 rings (SSSR count). The van der Waals surface area contributed by atoms with Gasteiger partial charge in [-0.15, -0.1) is 0 Å². The number of pyridine rings is 1. The summed E-state index contributed by atoms with van der Waals surface area (Å²) in [5.74, 6) is -0.00518. The summed E-state index contributed by atoms with van der Waals surface area (Å²) in [4.78, 5) is 21.9. The van der Waals surface area contributed by atoms with Crippen molar-refractivity contribution in [1.82, 2.24) is 14.1 Å². The van der Waals surface area contributed by atoms with Gasteiger partial charge in [0.1, 0.15) is 0 Å². The molecule has 5 nitrogen and oxygen atoms in total. The molecule has 0 bridgehead atoms. The van der Waals surface area contributed by atoms with Crippen LogP contribution in [0, 0.1) is 14.0 Å². The quantitative estimate of drug-likeness (QED) is 0.132.